The molecule has 2 amide bonds. The first-order valence-corrected chi connectivity index (χ1v) is 7.54. The highest BCUT2D eigenvalue weighted by molar-refractivity contribution is 5.97. The van der Waals surface area contributed by atoms with E-state index in [0.717, 1.165) is 5.56 Å². The molecule has 0 bridgehead atoms. The number of ether oxygens (including phenoxy) is 1. The van der Waals surface area contributed by atoms with Crippen molar-refractivity contribution in [2.75, 3.05) is 0 Å². The topological polar surface area (TPSA) is 105 Å². The zero-order chi connectivity index (χ0) is 18.4. The standard InChI is InChI=1S/C18H18N2O5/c1-11-8-9-15(21)14(10-11)18(24)25-12(2)16(22)19-20-17(23)13-6-4-3-5-7-13/h3-10,12,21H,1-2H3,(H,19,22)(H,20,23)/t12-/m0/s1. The summed E-state index contributed by atoms with van der Waals surface area (Å²) in [6.45, 7) is 3.11. The molecule has 0 saturated carbocycles. The van der Waals surface area contributed by atoms with Crippen molar-refractivity contribution in [3.8, 4) is 5.75 Å². The number of phenols is 1. The van der Waals surface area contributed by atoms with Crippen LogP contribution in [-0.4, -0.2) is 29.0 Å². The van der Waals surface area contributed by atoms with Gasteiger partial charge in [0.1, 0.15) is 11.3 Å². The second kappa shape index (κ2) is 7.96. The number of benzene rings is 2. The van der Waals surface area contributed by atoms with Crippen LogP contribution < -0.4 is 10.9 Å². The Hall–Kier alpha value is -3.35. The van der Waals surface area contributed by atoms with Crippen LogP contribution >= 0.6 is 0 Å². The fraction of sp³-hybridized carbons (Fsp3) is 0.167. The largest absolute Gasteiger partial charge is 0.507 e. The number of rotatable bonds is 4. The average Bonchev–Trinajstić information content (AvgIpc) is 2.61. The summed E-state index contributed by atoms with van der Waals surface area (Å²) in [5.74, 6) is -2.27. The Morgan fingerprint density at radius 2 is 1.72 bits per heavy atom. The summed E-state index contributed by atoms with van der Waals surface area (Å²) in [7, 11) is 0. The Bertz CT molecular complexity index is 789. The minimum atomic E-state index is -1.16. The summed E-state index contributed by atoms with van der Waals surface area (Å²) < 4.78 is 5.01. The van der Waals surface area contributed by atoms with Crippen molar-refractivity contribution in [2.24, 2.45) is 0 Å². The van der Waals surface area contributed by atoms with Crippen molar-refractivity contribution in [1.29, 1.82) is 0 Å². The highest BCUT2D eigenvalue weighted by Gasteiger charge is 2.21. The number of carbonyl (C=O) groups excluding carboxylic acids is 3. The van der Waals surface area contributed by atoms with E-state index in [4.69, 9.17) is 4.74 Å². The van der Waals surface area contributed by atoms with Crippen molar-refractivity contribution in [3.63, 3.8) is 0 Å². The van der Waals surface area contributed by atoms with Gasteiger partial charge in [-0.05, 0) is 38.1 Å². The van der Waals surface area contributed by atoms with E-state index >= 15 is 0 Å². The Kier molecular flexibility index (Phi) is 5.73. The second-order valence-corrected chi connectivity index (χ2v) is 5.38. The molecule has 2 aromatic rings. The van der Waals surface area contributed by atoms with Crippen LogP contribution in [0.2, 0.25) is 0 Å². The van der Waals surface area contributed by atoms with Crippen molar-refractivity contribution < 1.29 is 24.2 Å². The van der Waals surface area contributed by atoms with Gasteiger partial charge in [0, 0.05) is 5.56 Å². The third-order valence-electron chi connectivity index (χ3n) is 3.36. The number of hydrogen-bond donors (Lipinski definition) is 3. The molecule has 0 aromatic heterocycles. The molecule has 0 fully saturated rings. The van der Waals surface area contributed by atoms with Gasteiger partial charge < -0.3 is 9.84 Å². The van der Waals surface area contributed by atoms with E-state index in [1.54, 1.807) is 43.3 Å². The summed E-state index contributed by atoms with van der Waals surface area (Å²) in [5, 5.41) is 9.70. The number of amides is 2. The number of aryl methyl sites for hydroxylation is 1. The summed E-state index contributed by atoms with van der Waals surface area (Å²) in [4.78, 5) is 35.8. The third-order valence-corrected chi connectivity index (χ3v) is 3.36. The fourth-order valence-corrected chi connectivity index (χ4v) is 1.97. The number of aromatic hydroxyl groups is 1. The van der Waals surface area contributed by atoms with Crippen LogP contribution in [0.25, 0.3) is 0 Å². The van der Waals surface area contributed by atoms with Crippen molar-refractivity contribution in [3.05, 3.63) is 65.2 Å². The average molecular weight is 342 g/mol. The molecule has 0 heterocycles. The number of esters is 1. The van der Waals surface area contributed by atoms with Gasteiger partial charge in [0.2, 0.25) is 0 Å². The van der Waals surface area contributed by atoms with Gasteiger partial charge in [-0.3, -0.25) is 20.4 Å². The monoisotopic (exact) mass is 342 g/mol. The lowest BCUT2D eigenvalue weighted by atomic mass is 10.1. The SMILES string of the molecule is Cc1ccc(O)c(C(=O)O[C@@H](C)C(=O)NNC(=O)c2ccccc2)c1. The number of hydrazine groups is 1. The molecular weight excluding hydrogens is 324 g/mol. The summed E-state index contributed by atoms with van der Waals surface area (Å²) >= 11 is 0. The Morgan fingerprint density at radius 1 is 1.04 bits per heavy atom. The first-order valence-electron chi connectivity index (χ1n) is 7.54. The smallest absolute Gasteiger partial charge is 0.342 e. The van der Waals surface area contributed by atoms with Gasteiger partial charge in [0.15, 0.2) is 6.10 Å². The maximum atomic E-state index is 12.0. The van der Waals surface area contributed by atoms with Crippen molar-refractivity contribution in [1.82, 2.24) is 10.9 Å². The first-order chi connectivity index (χ1) is 11.9. The lowest BCUT2D eigenvalue weighted by molar-refractivity contribution is -0.129. The second-order valence-electron chi connectivity index (χ2n) is 5.38. The summed E-state index contributed by atoms with van der Waals surface area (Å²) in [5.41, 5.74) is 5.52. The van der Waals surface area contributed by atoms with Gasteiger partial charge in [-0.25, -0.2) is 4.79 Å². The molecule has 0 spiro atoms. The first kappa shape index (κ1) is 18.0. The number of phenolic OH excluding ortho intramolecular Hbond substituents is 1. The Labute approximate surface area is 144 Å². The molecule has 3 N–H and O–H groups in total. The van der Waals surface area contributed by atoms with Crippen molar-refractivity contribution >= 4 is 17.8 Å². The fourth-order valence-electron chi connectivity index (χ4n) is 1.97. The van der Waals surface area contributed by atoms with E-state index < -0.39 is 23.9 Å². The number of hydrogen-bond acceptors (Lipinski definition) is 5. The van der Waals surface area contributed by atoms with Gasteiger partial charge >= 0.3 is 5.97 Å². The molecule has 1 atom stereocenters. The maximum absolute atomic E-state index is 12.0. The molecule has 25 heavy (non-hydrogen) atoms. The zero-order valence-electron chi connectivity index (χ0n) is 13.8. The molecule has 0 saturated heterocycles. The quantitative estimate of drug-likeness (QED) is 0.579. The predicted molar refractivity (Wildman–Crippen MR) is 89.8 cm³/mol. The van der Waals surface area contributed by atoms with Gasteiger partial charge in [0.25, 0.3) is 11.8 Å². The van der Waals surface area contributed by atoms with Crippen molar-refractivity contribution in [2.45, 2.75) is 20.0 Å². The molecule has 130 valence electrons. The zero-order valence-corrected chi connectivity index (χ0v) is 13.8. The minimum Gasteiger partial charge on any atom is -0.507 e. The normalized spacial score (nSPS) is 11.3. The Balaban J connectivity index is 1.90. The van der Waals surface area contributed by atoms with Crippen LogP contribution in [0.4, 0.5) is 0 Å². The molecule has 7 heteroatoms. The molecule has 7 nitrogen and oxygen atoms in total. The van der Waals surface area contributed by atoms with E-state index in [0.29, 0.717) is 5.56 Å². The van der Waals surface area contributed by atoms with Gasteiger partial charge in [-0.1, -0.05) is 29.8 Å². The number of nitrogens with one attached hydrogen (secondary N) is 2. The van der Waals surface area contributed by atoms with Gasteiger partial charge in [-0.15, -0.1) is 0 Å². The third kappa shape index (κ3) is 4.81. The molecular formula is C18H18N2O5. The van der Waals surface area contributed by atoms with Crippen LogP contribution in [0.3, 0.4) is 0 Å². The number of carbonyl (C=O) groups is 3. The lowest BCUT2D eigenvalue weighted by Gasteiger charge is -2.14. The minimum absolute atomic E-state index is 0.0343. The van der Waals surface area contributed by atoms with E-state index in [9.17, 15) is 19.5 Å². The summed E-state index contributed by atoms with van der Waals surface area (Å²) in [6.07, 6.45) is -1.16. The predicted octanol–water partition coefficient (Wildman–Crippen LogP) is 1.71. The molecule has 2 aromatic carbocycles. The van der Waals surface area contributed by atoms with Gasteiger partial charge in [0.05, 0.1) is 0 Å². The molecule has 0 aliphatic carbocycles. The summed E-state index contributed by atoms with van der Waals surface area (Å²) in [6, 6.07) is 12.8. The van der Waals surface area contributed by atoms with Crippen LogP contribution in [0.5, 0.6) is 5.75 Å². The molecule has 0 radical (unpaired) electrons. The highest BCUT2D eigenvalue weighted by atomic mass is 16.5. The van der Waals surface area contributed by atoms with Gasteiger partial charge in [-0.2, -0.15) is 0 Å². The van der Waals surface area contributed by atoms with Crippen LogP contribution in [0.15, 0.2) is 48.5 Å². The molecule has 0 aliphatic rings. The van der Waals surface area contributed by atoms with E-state index in [2.05, 4.69) is 10.9 Å². The lowest BCUT2D eigenvalue weighted by Crippen LogP contribution is -2.46. The van der Waals surface area contributed by atoms with Crippen LogP contribution in [0, 0.1) is 6.92 Å². The van der Waals surface area contributed by atoms with E-state index in [1.165, 1.54) is 19.1 Å². The van der Waals surface area contributed by atoms with Crippen LogP contribution in [-0.2, 0) is 9.53 Å². The molecule has 0 aliphatic heterocycles. The maximum Gasteiger partial charge on any atom is 0.342 e. The van der Waals surface area contributed by atoms with E-state index in [-0.39, 0.29) is 11.3 Å². The molecule has 2 rings (SSSR count). The van der Waals surface area contributed by atoms with E-state index in [1.807, 2.05) is 0 Å². The highest BCUT2D eigenvalue weighted by Crippen LogP contribution is 2.19. The molecule has 0 unspecified atom stereocenters. The Morgan fingerprint density at radius 3 is 2.40 bits per heavy atom. The van der Waals surface area contributed by atoms with Crippen LogP contribution in [0.1, 0.15) is 33.2 Å².